The number of rotatable bonds is 5. The molecule has 0 saturated carbocycles. The molecule has 6 nitrogen and oxygen atoms in total. The fourth-order valence-corrected chi connectivity index (χ4v) is 2.73. The van der Waals surface area contributed by atoms with Gasteiger partial charge in [0.15, 0.2) is 0 Å². The van der Waals surface area contributed by atoms with Gasteiger partial charge in [-0.2, -0.15) is 0 Å². The topological polar surface area (TPSA) is 98.3 Å². The first-order chi connectivity index (χ1) is 13.4. The van der Waals surface area contributed by atoms with Crippen molar-refractivity contribution in [3.8, 4) is 0 Å². The Morgan fingerprint density at radius 3 is 2.11 bits per heavy atom. The summed E-state index contributed by atoms with van der Waals surface area (Å²) in [7, 11) is 0. The lowest BCUT2D eigenvalue weighted by atomic mass is 10.1. The molecule has 2 N–H and O–H groups in total. The molecule has 0 aliphatic rings. The highest BCUT2D eigenvalue weighted by Crippen LogP contribution is 2.18. The molecule has 0 aromatic heterocycles. The predicted molar refractivity (Wildman–Crippen MR) is 105 cm³/mol. The van der Waals surface area contributed by atoms with Crippen LogP contribution in [0.4, 0.5) is 11.4 Å². The number of halogens is 1. The first-order valence-electron chi connectivity index (χ1n) is 8.23. The lowest BCUT2D eigenvalue weighted by molar-refractivity contribution is -0.254. The number of aromatic carboxylic acids is 1. The second kappa shape index (κ2) is 8.37. The van der Waals surface area contributed by atoms with Gasteiger partial charge in [-0.3, -0.25) is 9.59 Å². The van der Waals surface area contributed by atoms with E-state index in [2.05, 4.69) is 10.6 Å². The van der Waals surface area contributed by atoms with Gasteiger partial charge in [-0.1, -0.05) is 41.9 Å². The van der Waals surface area contributed by atoms with Gasteiger partial charge >= 0.3 is 0 Å². The van der Waals surface area contributed by atoms with Gasteiger partial charge < -0.3 is 20.5 Å². The molecule has 3 rings (SSSR count). The summed E-state index contributed by atoms with van der Waals surface area (Å²) in [6.45, 7) is 0. The third-order valence-electron chi connectivity index (χ3n) is 3.86. The van der Waals surface area contributed by atoms with Gasteiger partial charge in [-0.15, -0.1) is 0 Å². The smallest absolute Gasteiger partial charge is 0.255 e. The molecule has 0 aliphatic heterocycles. The zero-order valence-corrected chi connectivity index (χ0v) is 15.2. The number of carboxylic acids is 1. The van der Waals surface area contributed by atoms with Crippen molar-refractivity contribution in [1.29, 1.82) is 0 Å². The molecular weight excluding hydrogens is 380 g/mol. The van der Waals surface area contributed by atoms with Crippen molar-refractivity contribution in [2.75, 3.05) is 10.6 Å². The van der Waals surface area contributed by atoms with Crippen LogP contribution in [0.15, 0.2) is 72.8 Å². The molecule has 0 heterocycles. The minimum atomic E-state index is -1.39. The minimum Gasteiger partial charge on any atom is -0.545 e. The van der Waals surface area contributed by atoms with Crippen LogP contribution in [0, 0.1) is 0 Å². The van der Waals surface area contributed by atoms with Crippen molar-refractivity contribution in [3.63, 3.8) is 0 Å². The van der Waals surface area contributed by atoms with Crippen LogP contribution >= 0.6 is 11.6 Å². The van der Waals surface area contributed by atoms with E-state index in [0.717, 1.165) is 0 Å². The van der Waals surface area contributed by atoms with Crippen molar-refractivity contribution in [1.82, 2.24) is 0 Å². The average molecular weight is 394 g/mol. The molecule has 0 spiro atoms. The van der Waals surface area contributed by atoms with Gasteiger partial charge in [-0.05, 0) is 42.5 Å². The summed E-state index contributed by atoms with van der Waals surface area (Å²) < 4.78 is 0. The zero-order valence-electron chi connectivity index (χ0n) is 14.4. The lowest BCUT2D eigenvalue weighted by Crippen LogP contribution is -2.24. The number of carbonyl (C=O) groups is 3. The SMILES string of the molecule is O=C(Nc1cccc(C(=O)Nc2ccccc2C(=O)[O-])c1)c1cccc(Cl)c1. The Morgan fingerprint density at radius 2 is 1.39 bits per heavy atom. The van der Waals surface area contributed by atoms with Crippen LogP contribution in [0.2, 0.25) is 5.02 Å². The Balaban J connectivity index is 1.77. The molecule has 0 unspecified atom stereocenters. The summed E-state index contributed by atoms with van der Waals surface area (Å²) >= 11 is 5.89. The monoisotopic (exact) mass is 393 g/mol. The Bertz CT molecular complexity index is 1070. The van der Waals surface area contributed by atoms with Crippen molar-refractivity contribution in [2.45, 2.75) is 0 Å². The fourth-order valence-electron chi connectivity index (χ4n) is 2.54. The van der Waals surface area contributed by atoms with E-state index in [-0.39, 0.29) is 22.7 Å². The number of anilines is 2. The van der Waals surface area contributed by atoms with Crippen LogP contribution in [0.25, 0.3) is 0 Å². The number of amides is 2. The summed E-state index contributed by atoms with van der Waals surface area (Å²) in [5, 5.41) is 16.8. The van der Waals surface area contributed by atoms with Gasteiger partial charge in [0.2, 0.25) is 0 Å². The highest BCUT2D eigenvalue weighted by atomic mass is 35.5. The second-order valence-corrected chi connectivity index (χ2v) is 6.27. The van der Waals surface area contributed by atoms with Crippen LogP contribution in [0.3, 0.4) is 0 Å². The number of carboxylic acid groups (broad SMARTS) is 1. The van der Waals surface area contributed by atoms with Gasteiger partial charge in [-0.25, -0.2) is 0 Å². The highest BCUT2D eigenvalue weighted by Gasteiger charge is 2.12. The Kier molecular flexibility index (Phi) is 5.72. The minimum absolute atomic E-state index is 0.124. The predicted octanol–water partition coefficient (Wildman–Crippen LogP) is 3.21. The molecular formula is C21H14ClN2O4-. The van der Waals surface area contributed by atoms with Crippen molar-refractivity contribution in [2.24, 2.45) is 0 Å². The molecule has 0 saturated heterocycles. The number of carbonyl (C=O) groups excluding carboxylic acids is 3. The molecule has 0 fully saturated rings. The van der Waals surface area contributed by atoms with Gasteiger partial charge in [0, 0.05) is 27.4 Å². The molecule has 2 amide bonds. The summed E-state index contributed by atoms with van der Waals surface area (Å²) in [6.07, 6.45) is 0. The van der Waals surface area contributed by atoms with E-state index in [1.54, 1.807) is 42.5 Å². The van der Waals surface area contributed by atoms with Crippen LogP contribution in [-0.2, 0) is 0 Å². The zero-order chi connectivity index (χ0) is 20.1. The lowest BCUT2D eigenvalue weighted by Gasteiger charge is -2.12. The Hall–Kier alpha value is -3.64. The third kappa shape index (κ3) is 4.55. The van der Waals surface area contributed by atoms with Crippen LogP contribution < -0.4 is 15.7 Å². The molecule has 7 heteroatoms. The number of nitrogens with one attached hydrogen (secondary N) is 2. The summed E-state index contributed by atoms with van der Waals surface area (Å²) in [6, 6.07) is 18.7. The van der Waals surface area contributed by atoms with Gasteiger partial charge in [0.1, 0.15) is 0 Å². The summed E-state index contributed by atoms with van der Waals surface area (Å²) in [5.41, 5.74) is 1.04. The second-order valence-electron chi connectivity index (χ2n) is 5.83. The fraction of sp³-hybridized carbons (Fsp3) is 0. The molecule has 0 atom stereocenters. The maximum absolute atomic E-state index is 12.5. The van der Waals surface area contributed by atoms with Gasteiger partial charge in [0.05, 0.1) is 11.7 Å². The molecule has 3 aromatic carbocycles. The standard InChI is InChI=1S/C21H15ClN2O4/c22-15-7-3-5-13(11-15)19(25)23-16-8-4-6-14(12-16)20(26)24-18-10-2-1-9-17(18)21(27)28/h1-12H,(H,23,25)(H,24,26)(H,27,28)/p-1. The van der Waals surface area contributed by atoms with E-state index < -0.39 is 11.9 Å². The van der Waals surface area contributed by atoms with E-state index in [1.165, 1.54) is 30.3 Å². The van der Waals surface area contributed by atoms with Crippen molar-refractivity contribution < 1.29 is 19.5 Å². The number of hydrogen-bond acceptors (Lipinski definition) is 4. The largest absolute Gasteiger partial charge is 0.545 e. The van der Waals surface area contributed by atoms with Crippen molar-refractivity contribution in [3.05, 3.63) is 94.5 Å². The van der Waals surface area contributed by atoms with Gasteiger partial charge in [0.25, 0.3) is 11.8 Å². The average Bonchev–Trinajstić information content (AvgIpc) is 2.68. The highest BCUT2D eigenvalue weighted by molar-refractivity contribution is 6.31. The van der Waals surface area contributed by atoms with Crippen molar-refractivity contribution >= 4 is 40.8 Å². The Labute approximate surface area is 165 Å². The third-order valence-corrected chi connectivity index (χ3v) is 4.10. The van der Waals surface area contributed by atoms with E-state index in [4.69, 9.17) is 11.6 Å². The molecule has 0 aliphatic carbocycles. The molecule has 0 radical (unpaired) electrons. The molecule has 140 valence electrons. The normalized spacial score (nSPS) is 10.2. The number of hydrogen-bond donors (Lipinski definition) is 2. The number of benzene rings is 3. The van der Waals surface area contributed by atoms with E-state index in [0.29, 0.717) is 16.3 Å². The molecule has 28 heavy (non-hydrogen) atoms. The number of para-hydroxylation sites is 1. The Morgan fingerprint density at radius 1 is 0.750 bits per heavy atom. The van der Waals surface area contributed by atoms with Crippen LogP contribution in [0.5, 0.6) is 0 Å². The first kappa shape index (κ1) is 19.1. The quantitative estimate of drug-likeness (QED) is 0.695. The maximum atomic E-state index is 12.5. The summed E-state index contributed by atoms with van der Waals surface area (Å²) in [5.74, 6) is -2.28. The van der Waals surface area contributed by atoms with Crippen LogP contribution in [-0.4, -0.2) is 17.8 Å². The summed E-state index contributed by atoms with van der Waals surface area (Å²) in [4.78, 5) is 36.0. The first-order valence-corrected chi connectivity index (χ1v) is 8.60. The van der Waals surface area contributed by atoms with E-state index in [1.807, 2.05) is 0 Å². The van der Waals surface area contributed by atoms with E-state index >= 15 is 0 Å². The van der Waals surface area contributed by atoms with E-state index in [9.17, 15) is 19.5 Å². The van der Waals surface area contributed by atoms with Crippen LogP contribution in [0.1, 0.15) is 31.1 Å². The maximum Gasteiger partial charge on any atom is 0.255 e. The molecule has 0 bridgehead atoms. The molecule has 3 aromatic rings.